The van der Waals surface area contributed by atoms with Crippen LogP contribution in [0.3, 0.4) is 0 Å². The molecule has 0 N–H and O–H groups in total. The molecule has 1 aliphatic rings. The Kier molecular flexibility index (Phi) is 3.95. The second-order valence-corrected chi connectivity index (χ2v) is 3.40. The molecule has 12 heavy (non-hydrogen) atoms. The van der Waals surface area contributed by atoms with Gasteiger partial charge in [0.25, 0.3) is 0 Å². The van der Waals surface area contributed by atoms with Crippen LogP contribution < -0.4 is 0 Å². The summed E-state index contributed by atoms with van der Waals surface area (Å²) in [5.41, 5.74) is 0. The van der Waals surface area contributed by atoms with Gasteiger partial charge in [-0.05, 0) is 19.4 Å². The van der Waals surface area contributed by atoms with E-state index >= 15 is 0 Å². The van der Waals surface area contributed by atoms with Gasteiger partial charge in [0.2, 0.25) is 0 Å². The Balaban J connectivity index is 2.43. The molecule has 1 heterocycles. The first-order valence-corrected chi connectivity index (χ1v) is 4.70. The van der Waals surface area contributed by atoms with E-state index in [1.807, 2.05) is 4.90 Å². The molecule has 0 aromatic carbocycles. The normalized spacial score (nSPS) is 28.3. The quantitative estimate of drug-likeness (QED) is 0.497. The van der Waals surface area contributed by atoms with Gasteiger partial charge >= 0.3 is 0 Å². The molecule has 0 radical (unpaired) electrons. The molecule has 1 saturated heterocycles. The maximum Gasteiger partial charge on any atom is 0.138 e. The second-order valence-electron chi connectivity index (χ2n) is 3.09. The van der Waals surface area contributed by atoms with Gasteiger partial charge in [-0.3, -0.25) is 4.90 Å². The first-order valence-electron chi connectivity index (χ1n) is 4.17. The minimum absolute atomic E-state index is 0.260. The summed E-state index contributed by atoms with van der Waals surface area (Å²) in [6.07, 6.45) is 1.45. The Morgan fingerprint density at radius 1 is 1.75 bits per heavy atom. The number of likely N-dealkylation sites (tertiary alicyclic amines) is 1. The Morgan fingerprint density at radius 3 is 3.00 bits per heavy atom. The van der Waals surface area contributed by atoms with E-state index in [1.54, 1.807) is 0 Å². The van der Waals surface area contributed by atoms with Crippen LogP contribution in [-0.4, -0.2) is 42.4 Å². The van der Waals surface area contributed by atoms with Crippen molar-refractivity contribution >= 4 is 17.9 Å². The molecular weight excluding hydrogens is 181 g/mol. The summed E-state index contributed by atoms with van der Waals surface area (Å²) in [5, 5.41) is 0. The number of halogens is 2. The molecule has 0 aliphatic carbocycles. The number of hydrogen-bond acceptors (Lipinski definition) is 2. The van der Waals surface area contributed by atoms with Gasteiger partial charge in [-0.25, -0.2) is 4.39 Å². The van der Waals surface area contributed by atoms with Gasteiger partial charge in [-0.15, -0.1) is 11.6 Å². The van der Waals surface area contributed by atoms with Crippen LogP contribution in [0.4, 0.5) is 4.39 Å². The van der Waals surface area contributed by atoms with Crippen molar-refractivity contribution in [3.63, 3.8) is 0 Å². The average Bonchev–Trinajstić information content (AvgIpc) is 2.07. The maximum atomic E-state index is 12.9. The van der Waals surface area contributed by atoms with Crippen LogP contribution in [0.5, 0.6) is 0 Å². The average molecular weight is 194 g/mol. The zero-order chi connectivity index (χ0) is 8.97. The van der Waals surface area contributed by atoms with Gasteiger partial charge in [0.05, 0.1) is 6.04 Å². The molecule has 2 unspecified atom stereocenters. The van der Waals surface area contributed by atoms with Crippen LogP contribution in [-0.2, 0) is 4.79 Å². The highest BCUT2D eigenvalue weighted by molar-refractivity contribution is 6.19. The Hall–Kier alpha value is -0.150. The van der Waals surface area contributed by atoms with Gasteiger partial charge in [0.15, 0.2) is 0 Å². The van der Waals surface area contributed by atoms with E-state index < -0.39 is 6.17 Å². The number of rotatable bonds is 3. The van der Waals surface area contributed by atoms with Crippen LogP contribution in [0.2, 0.25) is 0 Å². The largest absolute Gasteiger partial charge is 0.302 e. The van der Waals surface area contributed by atoms with E-state index in [1.165, 1.54) is 0 Å². The zero-order valence-electron chi connectivity index (χ0n) is 6.88. The van der Waals surface area contributed by atoms with Crippen LogP contribution >= 0.6 is 11.6 Å². The van der Waals surface area contributed by atoms with E-state index in [2.05, 4.69) is 0 Å². The van der Waals surface area contributed by atoms with Crippen molar-refractivity contribution in [2.75, 3.05) is 19.0 Å². The van der Waals surface area contributed by atoms with Crippen LogP contribution in [0.25, 0.3) is 0 Å². The van der Waals surface area contributed by atoms with Gasteiger partial charge in [-0.2, -0.15) is 0 Å². The van der Waals surface area contributed by atoms with Gasteiger partial charge in [0, 0.05) is 12.4 Å². The van der Waals surface area contributed by atoms with Crippen molar-refractivity contribution in [3.05, 3.63) is 0 Å². The van der Waals surface area contributed by atoms with Gasteiger partial charge in [-0.1, -0.05) is 0 Å². The predicted octanol–water partition coefficient (Wildman–Crippen LogP) is 1.23. The molecule has 0 bridgehead atoms. The lowest BCUT2D eigenvalue weighted by Gasteiger charge is -2.31. The van der Waals surface area contributed by atoms with Gasteiger partial charge in [0.1, 0.15) is 12.5 Å². The topological polar surface area (TPSA) is 20.3 Å². The highest BCUT2D eigenvalue weighted by Crippen LogP contribution is 2.15. The molecule has 2 atom stereocenters. The molecule has 0 amide bonds. The minimum Gasteiger partial charge on any atom is -0.302 e. The van der Waals surface area contributed by atoms with Crippen LogP contribution in [0.1, 0.15) is 12.8 Å². The summed E-state index contributed by atoms with van der Waals surface area (Å²) in [5.74, 6) is 0.260. The van der Waals surface area contributed by atoms with Crippen molar-refractivity contribution in [2.45, 2.75) is 25.1 Å². The van der Waals surface area contributed by atoms with E-state index in [0.29, 0.717) is 13.0 Å². The van der Waals surface area contributed by atoms with E-state index in [0.717, 1.165) is 19.3 Å². The summed E-state index contributed by atoms with van der Waals surface area (Å²) in [6, 6.07) is -0.301. The van der Waals surface area contributed by atoms with Crippen molar-refractivity contribution in [2.24, 2.45) is 0 Å². The van der Waals surface area contributed by atoms with E-state index in [-0.39, 0.29) is 11.9 Å². The minimum atomic E-state index is -0.788. The Bertz CT molecular complexity index is 156. The Labute approximate surface area is 76.7 Å². The lowest BCUT2D eigenvalue weighted by Crippen LogP contribution is -2.45. The summed E-state index contributed by atoms with van der Waals surface area (Å²) < 4.78 is 12.9. The summed E-state index contributed by atoms with van der Waals surface area (Å²) in [6.45, 7) is 1.15. The summed E-state index contributed by atoms with van der Waals surface area (Å²) >= 11 is 5.55. The standard InChI is InChI=1S/C8H13ClFNO/c9-4-8(6-12)11-3-1-2-7(10)5-11/h6-8H,1-5H2. The number of nitrogens with zero attached hydrogens (tertiary/aromatic N) is 1. The molecule has 1 fully saturated rings. The van der Waals surface area contributed by atoms with Crippen molar-refractivity contribution in [1.82, 2.24) is 4.90 Å². The molecule has 1 aliphatic heterocycles. The number of aldehydes is 1. The number of carbonyl (C=O) groups is 1. The van der Waals surface area contributed by atoms with Gasteiger partial charge < -0.3 is 4.79 Å². The van der Waals surface area contributed by atoms with Crippen LogP contribution in [0, 0.1) is 0 Å². The molecule has 1 rings (SSSR count). The highest BCUT2D eigenvalue weighted by atomic mass is 35.5. The third-order valence-corrected chi connectivity index (χ3v) is 2.50. The number of carbonyl (C=O) groups excluding carboxylic acids is 1. The number of piperidine rings is 1. The zero-order valence-corrected chi connectivity index (χ0v) is 7.63. The lowest BCUT2D eigenvalue weighted by atomic mass is 10.1. The first kappa shape index (κ1) is 9.93. The molecule has 0 saturated carbocycles. The van der Waals surface area contributed by atoms with Crippen LogP contribution in [0.15, 0.2) is 0 Å². The Morgan fingerprint density at radius 2 is 2.50 bits per heavy atom. The second kappa shape index (κ2) is 4.77. The smallest absolute Gasteiger partial charge is 0.138 e. The molecule has 70 valence electrons. The van der Waals surface area contributed by atoms with E-state index in [4.69, 9.17) is 11.6 Å². The molecule has 0 spiro atoms. The fourth-order valence-electron chi connectivity index (χ4n) is 1.47. The third-order valence-electron chi connectivity index (χ3n) is 2.18. The predicted molar refractivity (Wildman–Crippen MR) is 46.3 cm³/mol. The monoisotopic (exact) mass is 193 g/mol. The first-order chi connectivity index (χ1) is 5.77. The lowest BCUT2D eigenvalue weighted by molar-refractivity contribution is -0.112. The molecular formula is C8H13ClFNO. The van der Waals surface area contributed by atoms with Crippen molar-refractivity contribution in [1.29, 1.82) is 0 Å². The van der Waals surface area contributed by atoms with Crippen molar-refractivity contribution in [3.8, 4) is 0 Å². The molecule has 4 heteroatoms. The van der Waals surface area contributed by atoms with E-state index in [9.17, 15) is 9.18 Å². The fraction of sp³-hybridized carbons (Fsp3) is 0.875. The number of hydrogen-bond donors (Lipinski definition) is 0. The third kappa shape index (κ3) is 2.42. The fourth-order valence-corrected chi connectivity index (χ4v) is 1.74. The maximum absolute atomic E-state index is 12.9. The van der Waals surface area contributed by atoms with Crippen molar-refractivity contribution < 1.29 is 9.18 Å². The molecule has 0 aromatic heterocycles. The summed E-state index contributed by atoms with van der Waals surface area (Å²) in [4.78, 5) is 12.3. The highest BCUT2D eigenvalue weighted by Gasteiger charge is 2.24. The molecule has 2 nitrogen and oxygen atoms in total. The SMILES string of the molecule is O=CC(CCl)N1CCCC(F)C1. The number of alkyl halides is 2. The summed E-state index contributed by atoms with van der Waals surface area (Å²) in [7, 11) is 0. The molecule has 0 aromatic rings.